The average molecular weight is 639 g/mol. The van der Waals surface area contributed by atoms with E-state index in [1.165, 1.54) is 4.90 Å². The van der Waals surface area contributed by atoms with Crippen molar-refractivity contribution in [1.82, 2.24) is 9.80 Å². The minimum absolute atomic E-state index is 0. The van der Waals surface area contributed by atoms with Crippen LogP contribution in [-0.2, 0) is 47.7 Å². The summed E-state index contributed by atoms with van der Waals surface area (Å²) in [7, 11) is 1.57. The van der Waals surface area contributed by atoms with E-state index in [4.69, 9.17) is 0 Å². The number of hydrogen-bond donors (Lipinski definition) is 0. The molecule has 213 valence electrons. The van der Waals surface area contributed by atoms with Gasteiger partial charge in [-0.15, -0.1) is 11.6 Å². The number of amides is 3. The van der Waals surface area contributed by atoms with Gasteiger partial charge in [-0.2, -0.15) is 19.1 Å². The molecular weight excluding hydrogens is 609 g/mol. The Kier molecular flexibility index (Phi) is 10.9. The topological polar surface area (TPSA) is 74.8 Å². The zero-order chi connectivity index (χ0) is 29.1. The predicted molar refractivity (Wildman–Crippen MR) is 135 cm³/mol. The van der Waals surface area contributed by atoms with Crippen LogP contribution in [0.5, 0.6) is 0 Å². The molecule has 0 aliphatic carbocycles. The first kappa shape index (κ1) is 33.3. The fraction of sp³-hybridized carbons (Fsp3) is 0.414. The third-order valence-electron chi connectivity index (χ3n) is 7.12. The van der Waals surface area contributed by atoms with Gasteiger partial charge in [-0.1, -0.05) is 55.8 Å². The summed E-state index contributed by atoms with van der Waals surface area (Å²) < 4.78 is 48.5. The number of likely N-dealkylation sites (N-methyl/N-ethyl adjacent to an activating group) is 1. The number of rotatable bonds is 4. The van der Waals surface area contributed by atoms with Gasteiger partial charge in [-0.3, -0.25) is 18.9 Å². The zero-order valence-corrected chi connectivity index (χ0v) is 24.8. The third-order valence-corrected chi connectivity index (χ3v) is 7.12. The Morgan fingerprint density at radius 3 is 2.15 bits per heavy atom. The largest absolute Gasteiger partial charge is 2.00 e. The van der Waals surface area contributed by atoms with Gasteiger partial charge in [0.1, 0.15) is 0 Å². The van der Waals surface area contributed by atoms with Crippen LogP contribution in [0.3, 0.4) is 0 Å². The average Bonchev–Trinajstić information content (AvgIpc) is 3.05. The van der Waals surface area contributed by atoms with Crippen LogP contribution in [0.2, 0.25) is 0 Å². The van der Waals surface area contributed by atoms with Crippen LogP contribution in [-0.4, -0.2) is 53.9 Å². The summed E-state index contributed by atoms with van der Waals surface area (Å²) in [4.78, 5) is 51.2. The van der Waals surface area contributed by atoms with E-state index < -0.39 is 34.5 Å². The Labute approximate surface area is 246 Å². The number of aryl methyl sites for hydroxylation is 1. The molecule has 11 heteroatoms. The molecular formula is C29H30F4N2NbO4. The van der Waals surface area contributed by atoms with Gasteiger partial charge < -0.3 is 20.9 Å². The molecule has 4 rings (SSSR count). The summed E-state index contributed by atoms with van der Waals surface area (Å²) in [5, 5.41) is 0. The van der Waals surface area contributed by atoms with E-state index in [9.17, 15) is 36.7 Å². The van der Waals surface area contributed by atoms with Crippen molar-refractivity contribution in [3.63, 3.8) is 0 Å². The van der Waals surface area contributed by atoms with Gasteiger partial charge in [-0.05, 0) is 30.9 Å². The maximum Gasteiger partial charge on any atom is 2.00 e. The molecule has 3 amide bonds. The fourth-order valence-corrected chi connectivity index (χ4v) is 5.01. The second-order valence-electron chi connectivity index (χ2n) is 10.2. The summed E-state index contributed by atoms with van der Waals surface area (Å²) >= 11 is 0. The van der Waals surface area contributed by atoms with E-state index in [1.54, 1.807) is 18.4 Å². The van der Waals surface area contributed by atoms with E-state index in [1.807, 2.05) is 45.0 Å². The number of imide groups is 1. The Morgan fingerprint density at radius 2 is 1.65 bits per heavy atom. The number of piperidine rings is 1. The van der Waals surface area contributed by atoms with Gasteiger partial charge in [0.2, 0.25) is 11.8 Å². The first-order chi connectivity index (χ1) is 18.2. The number of benzene rings is 2. The van der Waals surface area contributed by atoms with E-state index in [0.29, 0.717) is 44.1 Å². The quantitative estimate of drug-likeness (QED) is 0.208. The molecule has 1 unspecified atom stereocenters. The predicted octanol–water partition coefficient (Wildman–Crippen LogP) is 4.85. The van der Waals surface area contributed by atoms with Crippen molar-refractivity contribution in [2.24, 2.45) is 11.3 Å². The van der Waals surface area contributed by atoms with Crippen molar-refractivity contribution >= 4 is 24.0 Å². The van der Waals surface area contributed by atoms with Crippen LogP contribution in [0.1, 0.15) is 54.9 Å². The van der Waals surface area contributed by atoms with E-state index in [-0.39, 0.29) is 46.0 Å². The number of carbonyl (C=O) groups excluding carboxylic acids is 4. The maximum atomic E-state index is 13.0. The summed E-state index contributed by atoms with van der Waals surface area (Å²) in [5.74, 6) is -1.48. The molecule has 6 nitrogen and oxygen atoms in total. The van der Waals surface area contributed by atoms with Crippen LogP contribution in [0, 0.1) is 30.5 Å². The monoisotopic (exact) mass is 639 g/mol. The van der Waals surface area contributed by atoms with Gasteiger partial charge in [0.15, 0.2) is 0 Å². The fourth-order valence-electron chi connectivity index (χ4n) is 5.01. The molecule has 0 bridgehead atoms. The maximum absolute atomic E-state index is 13.0. The minimum Gasteiger partial charge on any atom is -0.376 e. The Hall–Kier alpha value is -2.95. The van der Waals surface area contributed by atoms with E-state index in [0.717, 1.165) is 17.4 Å². The molecule has 2 heterocycles. The Bertz CT molecular complexity index is 1240. The molecule has 2 aromatic rings. The molecule has 1 spiro atoms. The molecule has 0 aromatic heterocycles. The van der Waals surface area contributed by atoms with Crippen molar-refractivity contribution < 1.29 is 59.1 Å². The molecule has 1 radical (unpaired) electrons. The van der Waals surface area contributed by atoms with Gasteiger partial charge >= 0.3 is 28.6 Å². The normalized spacial score (nSPS) is 18.3. The first-order valence-electron chi connectivity index (χ1n) is 12.5. The molecule has 2 aliphatic rings. The number of alkyl halides is 3. The molecule has 0 saturated carbocycles. The summed E-state index contributed by atoms with van der Waals surface area (Å²) in [6.07, 6.45) is -0.724. The number of halogens is 4. The molecule has 40 heavy (non-hydrogen) atoms. The van der Waals surface area contributed by atoms with Crippen molar-refractivity contribution in [2.75, 3.05) is 20.1 Å². The number of nitrogens with zero attached hydrogens (tertiary/aromatic N) is 2. The van der Waals surface area contributed by atoms with Gasteiger partial charge in [0.25, 0.3) is 0 Å². The minimum atomic E-state index is -4.57. The van der Waals surface area contributed by atoms with Crippen LogP contribution >= 0.6 is 0 Å². The number of likely N-dealkylation sites (tertiary alicyclic amines) is 2. The number of carbonyl (C=O) groups is 3. The van der Waals surface area contributed by atoms with Crippen LogP contribution in [0.4, 0.5) is 17.6 Å². The van der Waals surface area contributed by atoms with Crippen LogP contribution in [0.25, 0.3) is 0 Å². The van der Waals surface area contributed by atoms with Gasteiger partial charge in [0.05, 0.1) is 23.5 Å². The first-order valence-corrected chi connectivity index (χ1v) is 12.5. The summed E-state index contributed by atoms with van der Waals surface area (Å²) in [6.45, 7) is 6.98. The SMILES string of the molecule is Cc1ccc(C2C(=O)N(C)C(=O)C23CCN(C(=O)[CH-]C(C)C)CC3)cc1.O=[C-]c1cc(C(F)(F)F)ccc1F.[Nb+2]. The van der Waals surface area contributed by atoms with Crippen molar-refractivity contribution in [3.05, 3.63) is 77.0 Å². The third kappa shape index (κ3) is 7.03. The Morgan fingerprint density at radius 1 is 1.07 bits per heavy atom. The summed E-state index contributed by atoms with van der Waals surface area (Å²) in [5.41, 5.74) is -0.484. The Balaban J connectivity index is 0.000000339. The second kappa shape index (κ2) is 13.1. The van der Waals surface area contributed by atoms with Crippen LogP contribution < -0.4 is 0 Å². The van der Waals surface area contributed by atoms with Gasteiger partial charge in [0, 0.05) is 26.0 Å². The molecule has 1 atom stereocenters. The summed E-state index contributed by atoms with van der Waals surface area (Å²) in [6, 6.07) is 9.44. The van der Waals surface area contributed by atoms with Crippen molar-refractivity contribution in [1.29, 1.82) is 0 Å². The van der Waals surface area contributed by atoms with Crippen molar-refractivity contribution in [2.45, 2.75) is 45.7 Å². The molecule has 2 aromatic carbocycles. The number of hydrogen-bond acceptors (Lipinski definition) is 4. The smallest absolute Gasteiger partial charge is 0.376 e. The second-order valence-corrected chi connectivity index (χ2v) is 10.2. The molecule has 2 saturated heterocycles. The van der Waals surface area contributed by atoms with Gasteiger partial charge in [-0.25, -0.2) is 0 Å². The molecule has 2 fully saturated rings. The van der Waals surface area contributed by atoms with Crippen LogP contribution in [0.15, 0.2) is 42.5 Å². The van der Waals surface area contributed by atoms with E-state index in [2.05, 4.69) is 0 Å². The molecule has 2 aliphatic heterocycles. The van der Waals surface area contributed by atoms with E-state index >= 15 is 0 Å². The van der Waals surface area contributed by atoms with Crippen molar-refractivity contribution in [3.8, 4) is 0 Å². The molecule has 0 N–H and O–H groups in total. The zero-order valence-electron chi connectivity index (χ0n) is 22.6. The standard InChI is InChI=1S/C21H27N2O3.C8H3F4O.Nb/c1-14(2)13-17(24)23-11-9-21(10-12-23)18(19(25)22(4)20(21)26)16-7-5-15(3)6-8-16;9-7-2-1-6(8(10,11)12)3-5(7)4-13;/h5-8,13-14,18H,9-12H2,1-4H3;1-3H;/q2*-1;+2.